The Bertz CT molecular complexity index is 1450. The van der Waals surface area contributed by atoms with E-state index in [2.05, 4.69) is 0 Å². The summed E-state index contributed by atoms with van der Waals surface area (Å²) in [5, 5.41) is 11.5. The highest BCUT2D eigenvalue weighted by molar-refractivity contribution is 6.46. The molecule has 2 atom stereocenters. The number of amides is 1. The first-order valence-electron chi connectivity index (χ1n) is 13.9. The molecule has 2 unspecified atom stereocenters. The average molecular weight is 558 g/mol. The van der Waals surface area contributed by atoms with Gasteiger partial charge in [0.1, 0.15) is 24.2 Å². The normalized spacial score (nSPS) is 19.2. The molecule has 2 heterocycles. The van der Waals surface area contributed by atoms with Crippen LogP contribution in [0.5, 0.6) is 17.2 Å². The maximum atomic E-state index is 13.4. The van der Waals surface area contributed by atoms with Crippen LogP contribution in [0.4, 0.5) is 0 Å². The van der Waals surface area contributed by atoms with Crippen molar-refractivity contribution in [3.8, 4) is 17.2 Å². The number of aliphatic hydroxyl groups excluding tert-OH is 1. The van der Waals surface area contributed by atoms with Crippen molar-refractivity contribution in [2.24, 2.45) is 0 Å². The Morgan fingerprint density at radius 1 is 1.02 bits per heavy atom. The van der Waals surface area contributed by atoms with Crippen molar-refractivity contribution in [3.05, 3.63) is 94.6 Å². The largest absolute Gasteiger partial charge is 0.507 e. The Morgan fingerprint density at radius 2 is 1.83 bits per heavy atom. The van der Waals surface area contributed by atoms with Gasteiger partial charge in [0.2, 0.25) is 0 Å². The minimum absolute atomic E-state index is 0.0355. The Morgan fingerprint density at radius 3 is 2.59 bits per heavy atom. The number of hydrogen-bond donors (Lipinski definition) is 1. The lowest BCUT2D eigenvalue weighted by molar-refractivity contribution is -0.140. The quantitative estimate of drug-likeness (QED) is 0.145. The first kappa shape index (κ1) is 28.2. The Labute approximate surface area is 240 Å². The van der Waals surface area contributed by atoms with Crippen molar-refractivity contribution in [2.75, 3.05) is 26.9 Å². The van der Waals surface area contributed by atoms with Gasteiger partial charge in [0.25, 0.3) is 11.7 Å². The number of carbonyl (C=O) groups excluding carboxylic acids is 2. The minimum Gasteiger partial charge on any atom is -0.507 e. The molecule has 3 aromatic carbocycles. The summed E-state index contributed by atoms with van der Waals surface area (Å²) >= 11 is 0. The van der Waals surface area contributed by atoms with Gasteiger partial charge in [0, 0.05) is 32.2 Å². The summed E-state index contributed by atoms with van der Waals surface area (Å²) in [6.07, 6.45) is 1.27. The van der Waals surface area contributed by atoms with Crippen molar-refractivity contribution in [1.29, 1.82) is 0 Å². The van der Waals surface area contributed by atoms with E-state index in [1.54, 1.807) is 31.4 Å². The van der Waals surface area contributed by atoms with Crippen molar-refractivity contribution < 1.29 is 33.6 Å². The number of carbonyl (C=O) groups is 2. The maximum absolute atomic E-state index is 13.4. The molecule has 214 valence electrons. The number of ether oxygens (including phenoxy) is 4. The lowest BCUT2D eigenvalue weighted by atomic mass is 9.94. The van der Waals surface area contributed by atoms with Crippen LogP contribution in [0.15, 0.2) is 72.3 Å². The fourth-order valence-corrected chi connectivity index (χ4v) is 5.38. The SMILES string of the molecule is CCOc1cc(C2C(=C(O)c3ccc4c(c3)CC(C)O4)C(=O)C(=O)N2CCCOC)ccc1OCc1ccccc1. The number of benzene rings is 3. The highest BCUT2D eigenvalue weighted by atomic mass is 16.5. The van der Waals surface area contributed by atoms with Gasteiger partial charge in [-0.3, -0.25) is 9.59 Å². The fraction of sp³-hybridized carbons (Fsp3) is 0.333. The summed E-state index contributed by atoms with van der Waals surface area (Å²) in [7, 11) is 1.59. The number of likely N-dealkylation sites (tertiary alicyclic amines) is 1. The van der Waals surface area contributed by atoms with Gasteiger partial charge in [-0.2, -0.15) is 0 Å². The number of ketones is 1. The van der Waals surface area contributed by atoms with Crippen LogP contribution < -0.4 is 14.2 Å². The van der Waals surface area contributed by atoms with E-state index in [9.17, 15) is 14.7 Å². The fourth-order valence-electron chi connectivity index (χ4n) is 5.38. The number of Topliss-reactive ketones (excluding diaryl/α,β-unsaturated/α-hetero) is 1. The number of fused-ring (bicyclic) bond motifs is 1. The third-order valence-electron chi connectivity index (χ3n) is 7.28. The molecule has 5 rings (SSSR count). The van der Waals surface area contributed by atoms with Crippen LogP contribution >= 0.6 is 0 Å². The minimum atomic E-state index is -0.808. The molecule has 1 N–H and O–H groups in total. The van der Waals surface area contributed by atoms with Gasteiger partial charge in [-0.05, 0) is 67.3 Å². The van der Waals surface area contributed by atoms with Crippen LogP contribution in [-0.4, -0.2) is 54.7 Å². The van der Waals surface area contributed by atoms with Gasteiger partial charge in [0.05, 0.1) is 18.2 Å². The summed E-state index contributed by atoms with van der Waals surface area (Å²) in [4.78, 5) is 28.3. The van der Waals surface area contributed by atoms with Crippen LogP contribution in [-0.2, 0) is 27.4 Å². The van der Waals surface area contributed by atoms with E-state index in [0.29, 0.717) is 55.3 Å². The van der Waals surface area contributed by atoms with Crippen LogP contribution in [0.1, 0.15) is 48.6 Å². The summed E-state index contributed by atoms with van der Waals surface area (Å²) in [6, 6.07) is 19.7. The van der Waals surface area contributed by atoms with Gasteiger partial charge in [-0.15, -0.1) is 0 Å². The molecule has 1 amide bonds. The molecule has 0 aromatic heterocycles. The molecule has 8 heteroatoms. The zero-order chi connectivity index (χ0) is 28.9. The molecule has 2 aliphatic rings. The molecular formula is C33H35NO7. The predicted molar refractivity (Wildman–Crippen MR) is 154 cm³/mol. The topological polar surface area (TPSA) is 94.5 Å². The van der Waals surface area contributed by atoms with Crippen molar-refractivity contribution in [1.82, 2.24) is 4.90 Å². The van der Waals surface area contributed by atoms with Gasteiger partial charge in [-0.25, -0.2) is 0 Å². The third kappa shape index (κ3) is 5.93. The lowest BCUT2D eigenvalue weighted by Crippen LogP contribution is -2.31. The van der Waals surface area contributed by atoms with Crippen LogP contribution in [0.3, 0.4) is 0 Å². The lowest BCUT2D eigenvalue weighted by Gasteiger charge is -2.26. The van der Waals surface area contributed by atoms with E-state index in [1.165, 1.54) is 4.90 Å². The monoisotopic (exact) mass is 557 g/mol. The predicted octanol–water partition coefficient (Wildman–Crippen LogP) is 5.45. The number of nitrogens with zero attached hydrogens (tertiary/aromatic N) is 1. The number of methoxy groups -OCH3 is 1. The second kappa shape index (κ2) is 12.5. The zero-order valence-electron chi connectivity index (χ0n) is 23.6. The Balaban J connectivity index is 1.55. The first-order valence-corrected chi connectivity index (χ1v) is 13.9. The molecule has 2 aliphatic heterocycles. The smallest absolute Gasteiger partial charge is 0.295 e. The molecule has 8 nitrogen and oxygen atoms in total. The van der Waals surface area contributed by atoms with Crippen molar-refractivity contribution >= 4 is 17.4 Å². The average Bonchev–Trinajstić information content (AvgIpc) is 3.48. The van der Waals surface area contributed by atoms with Crippen LogP contribution in [0.2, 0.25) is 0 Å². The second-order valence-electron chi connectivity index (χ2n) is 10.2. The van der Waals surface area contributed by atoms with Crippen LogP contribution in [0.25, 0.3) is 5.76 Å². The molecule has 0 saturated carbocycles. The highest BCUT2D eigenvalue weighted by Gasteiger charge is 2.46. The molecule has 0 spiro atoms. The van der Waals surface area contributed by atoms with Crippen molar-refractivity contribution in [2.45, 2.75) is 45.4 Å². The van der Waals surface area contributed by atoms with E-state index in [-0.39, 0.29) is 24.0 Å². The van der Waals surface area contributed by atoms with Gasteiger partial charge in [0.15, 0.2) is 11.5 Å². The van der Waals surface area contributed by atoms with E-state index < -0.39 is 17.7 Å². The van der Waals surface area contributed by atoms with Crippen LogP contribution in [0, 0.1) is 0 Å². The third-order valence-corrected chi connectivity index (χ3v) is 7.28. The van der Waals surface area contributed by atoms with Gasteiger partial charge < -0.3 is 29.0 Å². The number of rotatable bonds is 11. The number of aliphatic hydroxyl groups is 1. The Hall–Kier alpha value is -4.30. The molecular weight excluding hydrogens is 522 g/mol. The summed E-state index contributed by atoms with van der Waals surface area (Å²) in [5.41, 5.74) is 3.11. The van der Waals surface area contributed by atoms with E-state index in [1.807, 2.05) is 56.3 Å². The van der Waals surface area contributed by atoms with Crippen molar-refractivity contribution in [3.63, 3.8) is 0 Å². The molecule has 0 aliphatic carbocycles. The Kier molecular flexibility index (Phi) is 8.59. The molecule has 0 radical (unpaired) electrons. The molecule has 1 fully saturated rings. The molecule has 1 saturated heterocycles. The van der Waals surface area contributed by atoms with E-state index in [4.69, 9.17) is 18.9 Å². The zero-order valence-corrected chi connectivity index (χ0v) is 23.6. The standard InChI is InChI=1S/C33H35NO7/c1-4-39-28-19-23(11-14-27(28)40-20-22-9-6-5-7-10-22)30-29(32(36)33(37)34(30)15-8-16-38-3)31(35)24-12-13-26-25(18-24)17-21(2)41-26/h5-7,9-14,18-19,21,30,35H,4,8,15-17,20H2,1-3H3. The molecule has 0 bridgehead atoms. The summed E-state index contributed by atoms with van der Waals surface area (Å²) < 4.78 is 23.0. The van der Waals surface area contributed by atoms with E-state index >= 15 is 0 Å². The summed E-state index contributed by atoms with van der Waals surface area (Å²) in [5.74, 6) is 0.200. The summed E-state index contributed by atoms with van der Waals surface area (Å²) in [6.45, 7) is 5.32. The second-order valence-corrected chi connectivity index (χ2v) is 10.2. The number of hydrogen-bond acceptors (Lipinski definition) is 7. The molecule has 41 heavy (non-hydrogen) atoms. The van der Waals surface area contributed by atoms with Gasteiger partial charge in [-0.1, -0.05) is 36.4 Å². The van der Waals surface area contributed by atoms with Gasteiger partial charge >= 0.3 is 0 Å². The van der Waals surface area contributed by atoms with E-state index in [0.717, 1.165) is 16.9 Å². The molecule has 3 aromatic rings. The first-order chi connectivity index (χ1) is 19.9. The highest BCUT2D eigenvalue weighted by Crippen LogP contribution is 2.43. The maximum Gasteiger partial charge on any atom is 0.295 e.